The molecule has 0 bridgehead atoms. The zero-order valence-corrected chi connectivity index (χ0v) is 11.0. The lowest BCUT2D eigenvalue weighted by atomic mass is 10.1. The predicted octanol–water partition coefficient (Wildman–Crippen LogP) is 2.92. The molecule has 20 heavy (non-hydrogen) atoms. The van der Waals surface area contributed by atoms with Crippen LogP contribution in [0.2, 0.25) is 0 Å². The van der Waals surface area contributed by atoms with Crippen molar-refractivity contribution in [3.8, 4) is 5.69 Å². The minimum absolute atomic E-state index is 0.0279. The summed E-state index contributed by atoms with van der Waals surface area (Å²) in [5.41, 5.74) is 4.24. The van der Waals surface area contributed by atoms with Crippen molar-refractivity contribution in [3.05, 3.63) is 65.9 Å². The predicted molar refractivity (Wildman–Crippen MR) is 79.3 cm³/mol. The number of benzene rings is 2. The molecule has 1 aromatic heterocycles. The van der Waals surface area contributed by atoms with Crippen LogP contribution in [0.15, 0.2) is 54.7 Å². The number of carbonyl (C=O) groups is 1. The molecule has 0 spiro atoms. The Morgan fingerprint density at radius 1 is 1.00 bits per heavy atom. The van der Waals surface area contributed by atoms with E-state index in [2.05, 4.69) is 34.3 Å². The van der Waals surface area contributed by atoms with Crippen LogP contribution in [0.5, 0.6) is 0 Å². The van der Waals surface area contributed by atoms with E-state index in [4.69, 9.17) is 0 Å². The van der Waals surface area contributed by atoms with Gasteiger partial charge < -0.3 is 9.88 Å². The van der Waals surface area contributed by atoms with E-state index in [9.17, 15) is 4.79 Å². The van der Waals surface area contributed by atoms with Gasteiger partial charge in [-0.2, -0.15) is 0 Å². The molecule has 3 nitrogen and oxygen atoms in total. The maximum atomic E-state index is 12.1. The Morgan fingerprint density at radius 3 is 2.70 bits per heavy atom. The first-order valence-electron chi connectivity index (χ1n) is 6.81. The molecule has 3 heteroatoms. The summed E-state index contributed by atoms with van der Waals surface area (Å²) in [4.78, 5) is 12.1. The van der Waals surface area contributed by atoms with Crippen LogP contribution < -0.4 is 5.32 Å². The molecule has 0 aliphatic carbocycles. The van der Waals surface area contributed by atoms with Crippen molar-refractivity contribution in [3.63, 3.8) is 0 Å². The number of aromatic nitrogens is 1. The molecule has 0 saturated heterocycles. The van der Waals surface area contributed by atoms with Gasteiger partial charge in [-0.15, -0.1) is 0 Å². The lowest BCUT2D eigenvalue weighted by Crippen LogP contribution is -2.23. The van der Waals surface area contributed by atoms with Gasteiger partial charge in [0, 0.05) is 29.4 Å². The molecule has 0 unspecified atom stereocenters. The van der Waals surface area contributed by atoms with Gasteiger partial charge in [0.25, 0.3) is 5.91 Å². The van der Waals surface area contributed by atoms with Crippen LogP contribution in [-0.2, 0) is 6.42 Å². The average Bonchev–Trinajstić information content (AvgIpc) is 2.78. The molecular formula is C17H14N2O. The Morgan fingerprint density at radius 2 is 1.85 bits per heavy atom. The molecule has 0 saturated carbocycles. The first kappa shape index (κ1) is 11.3. The maximum absolute atomic E-state index is 12.1. The van der Waals surface area contributed by atoms with Gasteiger partial charge in [0.15, 0.2) is 0 Å². The number of nitrogens with one attached hydrogen (secondary N) is 1. The van der Waals surface area contributed by atoms with Crippen molar-refractivity contribution in [1.29, 1.82) is 0 Å². The SMILES string of the molecule is O=C1NCCc2cn(-c3ccccc3)c3cccc1c23. The molecule has 0 atom stereocenters. The summed E-state index contributed by atoms with van der Waals surface area (Å²) < 4.78 is 2.17. The zero-order valence-electron chi connectivity index (χ0n) is 11.0. The fraction of sp³-hybridized carbons (Fsp3) is 0.118. The summed E-state index contributed by atoms with van der Waals surface area (Å²) in [6, 6.07) is 16.2. The molecule has 4 rings (SSSR count). The molecule has 0 fully saturated rings. The van der Waals surface area contributed by atoms with Crippen LogP contribution in [-0.4, -0.2) is 17.0 Å². The second-order valence-corrected chi connectivity index (χ2v) is 5.07. The van der Waals surface area contributed by atoms with Crippen LogP contribution in [0.3, 0.4) is 0 Å². The first-order chi connectivity index (χ1) is 9.84. The minimum atomic E-state index is 0.0279. The van der Waals surface area contributed by atoms with Gasteiger partial charge in [-0.25, -0.2) is 0 Å². The third-order valence-corrected chi connectivity index (χ3v) is 3.87. The highest BCUT2D eigenvalue weighted by molar-refractivity contribution is 6.08. The van der Waals surface area contributed by atoms with Gasteiger partial charge in [-0.1, -0.05) is 24.3 Å². The Balaban J connectivity index is 2.07. The maximum Gasteiger partial charge on any atom is 0.251 e. The van der Waals surface area contributed by atoms with E-state index in [0.717, 1.165) is 28.6 Å². The van der Waals surface area contributed by atoms with Crippen LogP contribution in [0.1, 0.15) is 15.9 Å². The van der Waals surface area contributed by atoms with Crippen LogP contribution in [0.4, 0.5) is 0 Å². The monoisotopic (exact) mass is 262 g/mol. The van der Waals surface area contributed by atoms with Crippen molar-refractivity contribution < 1.29 is 4.79 Å². The van der Waals surface area contributed by atoms with Crippen molar-refractivity contribution >= 4 is 16.8 Å². The number of para-hydroxylation sites is 1. The highest BCUT2D eigenvalue weighted by Gasteiger charge is 2.19. The first-order valence-corrected chi connectivity index (χ1v) is 6.81. The number of hydrogen-bond acceptors (Lipinski definition) is 1. The molecule has 98 valence electrons. The summed E-state index contributed by atoms with van der Waals surface area (Å²) in [6.07, 6.45) is 3.03. The molecule has 3 aromatic rings. The number of rotatable bonds is 1. The Kier molecular flexibility index (Phi) is 2.39. The fourth-order valence-electron chi connectivity index (χ4n) is 2.96. The number of nitrogens with zero attached hydrogens (tertiary/aromatic N) is 1. The number of carbonyl (C=O) groups excluding carboxylic acids is 1. The lowest BCUT2D eigenvalue weighted by molar-refractivity contribution is 0.0957. The largest absolute Gasteiger partial charge is 0.352 e. The van der Waals surface area contributed by atoms with Gasteiger partial charge in [0.2, 0.25) is 0 Å². The van der Waals surface area contributed by atoms with Crippen molar-refractivity contribution in [1.82, 2.24) is 9.88 Å². The Bertz CT molecular complexity index is 802. The molecule has 1 aliphatic heterocycles. The highest BCUT2D eigenvalue weighted by atomic mass is 16.1. The minimum Gasteiger partial charge on any atom is -0.352 e. The standard InChI is InChI=1S/C17H14N2O/c20-17-14-7-4-8-15-16(14)12(9-10-18-17)11-19(15)13-5-2-1-3-6-13/h1-8,11H,9-10H2,(H,18,20). The second kappa shape index (κ2) is 4.23. The highest BCUT2D eigenvalue weighted by Crippen LogP contribution is 2.29. The van der Waals surface area contributed by atoms with Gasteiger partial charge in [-0.3, -0.25) is 4.79 Å². The Hall–Kier alpha value is -2.55. The Labute approximate surface area is 116 Å². The van der Waals surface area contributed by atoms with Crippen molar-refractivity contribution in [2.24, 2.45) is 0 Å². The number of amides is 1. The topological polar surface area (TPSA) is 34.0 Å². The molecule has 0 radical (unpaired) electrons. The molecule has 1 N–H and O–H groups in total. The molecule has 2 aromatic carbocycles. The smallest absolute Gasteiger partial charge is 0.251 e. The van der Waals surface area contributed by atoms with E-state index in [1.807, 2.05) is 30.3 Å². The summed E-state index contributed by atoms with van der Waals surface area (Å²) in [5.74, 6) is 0.0279. The summed E-state index contributed by atoms with van der Waals surface area (Å²) >= 11 is 0. The summed E-state index contributed by atoms with van der Waals surface area (Å²) in [5, 5.41) is 4.04. The van der Waals surface area contributed by atoms with E-state index >= 15 is 0 Å². The number of hydrogen-bond donors (Lipinski definition) is 1. The van der Waals surface area contributed by atoms with E-state index in [1.54, 1.807) is 0 Å². The van der Waals surface area contributed by atoms with Crippen molar-refractivity contribution in [2.45, 2.75) is 6.42 Å². The molecule has 2 heterocycles. The fourth-order valence-corrected chi connectivity index (χ4v) is 2.96. The van der Waals surface area contributed by atoms with E-state index in [1.165, 1.54) is 5.56 Å². The summed E-state index contributed by atoms with van der Waals surface area (Å²) in [7, 11) is 0. The van der Waals surface area contributed by atoms with E-state index in [0.29, 0.717) is 6.54 Å². The van der Waals surface area contributed by atoms with Gasteiger partial charge in [0.1, 0.15) is 0 Å². The molecule has 1 amide bonds. The third-order valence-electron chi connectivity index (χ3n) is 3.87. The molecular weight excluding hydrogens is 248 g/mol. The summed E-state index contributed by atoms with van der Waals surface area (Å²) in [6.45, 7) is 0.696. The average molecular weight is 262 g/mol. The molecule has 1 aliphatic rings. The van der Waals surface area contributed by atoms with Crippen LogP contribution in [0.25, 0.3) is 16.6 Å². The third kappa shape index (κ3) is 1.56. The van der Waals surface area contributed by atoms with Gasteiger partial charge in [0.05, 0.1) is 5.52 Å². The zero-order chi connectivity index (χ0) is 13.5. The lowest BCUT2D eigenvalue weighted by Gasteiger charge is -2.07. The van der Waals surface area contributed by atoms with Crippen LogP contribution >= 0.6 is 0 Å². The normalized spacial score (nSPS) is 14.1. The van der Waals surface area contributed by atoms with Crippen LogP contribution in [0, 0.1) is 0 Å². The van der Waals surface area contributed by atoms with Gasteiger partial charge in [-0.05, 0) is 36.2 Å². The van der Waals surface area contributed by atoms with E-state index < -0.39 is 0 Å². The van der Waals surface area contributed by atoms with Gasteiger partial charge >= 0.3 is 0 Å². The second-order valence-electron chi connectivity index (χ2n) is 5.07. The quantitative estimate of drug-likeness (QED) is 0.719. The van der Waals surface area contributed by atoms with Crippen molar-refractivity contribution in [2.75, 3.05) is 6.54 Å². The van der Waals surface area contributed by atoms with E-state index in [-0.39, 0.29) is 5.91 Å².